The third kappa shape index (κ3) is 12.8. The molecule has 0 unspecified atom stereocenters. The van der Waals surface area contributed by atoms with E-state index in [-0.39, 0.29) is 0 Å². The molecule has 0 saturated carbocycles. The van der Waals surface area contributed by atoms with E-state index in [1.54, 1.807) is 0 Å². The largest absolute Gasteiger partial charge is 0.453 e. The van der Waals surface area contributed by atoms with E-state index < -0.39 is 16.2 Å². The van der Waals surface area contributed by atoms with Crippen molar-refractivity contribution in [2.45, 2.75) is 16.2 Å². The smallest absolute Gasteiger partial charge is 0.159 e. The van der Waals surface area contributed by atoms with Gasteiger partial charge in [0, 0.05) is 34.9 Å². The van der Waals surface area contributed by atoms with E-state index in [1.165, 1.54) is 33.4 Å². The summed E-state index contributed by atoms with van der Waals surface area (Å²) in [4.78, 5) is 45.7. The second-order valence-corrected chi connectivity index (χ2v) is 36.8. The highest BCUT2D eigenvalue weighted by molar-refractivity contribution is 5.99. The highest BCUT2D eigenvalue weighted by Gasteiger charge is 2.51. The Morgan fingerprint density at radius 1 is 0.146 bits per heavy atom. The van der Waals surface area contributed by atoms with Crippen LogP contribution in [0, 0.1) is 0 Å². The molecule has 15 heteroatoms. The number of fused-ring (bicyclic) bond motifs is 12. The van der Waals surface area contributed by atoms with Crippen molar-refractivity contribution in [3.05, 3.63) is 577 Å². The van der Waals surface area contributed by atoms with Crippen LogP contribution < -0.4 is 43.6 Å². The van der Waals surface area contributed by atoms with E-state index in [9.17, 15) is 0 Å². The van der Waals surface area contributed by atoms with Gasteiger partial charge in [-0.25, -0.2) is 29.9 Å². The lowest BCUT2D eigenvalue weighted by Crippen LogP contribution is -2.37. The number of ether oxygens (including phenoxy) is 3. The summed E-state index contributed by atoms with van der Waals surface area (Å²) in [7, 11) is 0. The summed E-state index contributed by atoms with van der Waals surface area (Å²) in [5, 5.41) is 0. The maximum atomic E-state index is 7.06. The van der Waals surface area contributed by atoms with E-state index >= 15 is 0 Å². The molecule has 0 atom stereocenters. The van der Waals surface area contributed by atoms with Crippen LogP contribution in [-0.2, 0) is 16.2 Å². The lowest BCUT2D eigenvalue weighted by molar-refractivity contribution is 0.477. The monoisotopic (exact) mass is 1850 g/mol. The molecule has 19 aromatic carbocycles. The first kappa shape index (κ1) is 82.8. The van der Waals surface area contributed by atoms with Crippen LogP contribution in [0.15, 0.2) is 510 Å². The standard InChI is InChI=1S/C129H84N12O3/c1-7-37-88(38-8-1)127(89-39-9-2-10-40-89)100-49-19-25-55-106(100)136(107-56-26-20-50-101(107)127)94-67-70-115-121(76-94)142-118-64-34-31-61-112(118)139(115)97-79-130-124(131-80-97)85-73-86(125-132-81-98(82-133-125)140-113-62-32-35-65-119(113)143-122-77-95(68-71-116(122)140)137-108-57-27-21-51-102(108)128(90-41-11-3-12-42-90,91-43-13-4-14-44-91)103-52-22-28-58-109(103)137)75-87(74-85)126-134-83-99(84-135-126)141-114-63-33-36-66-120(114)144-123-78-96(69-72-117(123)141)138-110-59-29-23-53-104(110)129(92-45-15-5-16-46-92,93-47-17-6-18-48-93)105-54-24-30-60-111(105)138/h1-84H. The number of para-hydroxylation sites is 12. The molecule has 28 rings (SSSR count). The van der Waals surface area contributed by atoms with Gasteiger partial charge in [-0.2, -0.15) is 0 Å². The summed E-state index contributed by atoms with van der Waals surface area (Å²) in [5.74, 6) is 5.38. The van der Waals surface area contributed by atoms with Crippen molar-refractivity contribution in [3.63, 3.8) is 0 Å². The van der Waals surface area contributed by atoms with Gasteiger partial charge in [-0.3, -0.25) is 0 Å². The van der Waals surface area contributed by atoms with Gasteiger partial charge >= 0.3 is 0 Å². The van der Waals surface area contributed by atoms with Crippen molar-refractivity contribution in [1.82, 2.24) is 29.9 Å². The number of rotatable bonds is 15. The van der Waals surface area contributed by atoms with Crippen LogP contribution in [0.2, 0.25) is 0 Å². The summed E-state index contributed by atoms with van der Waals surface area (Å²) in [5.41, 5.74) is 30.5. The van der Waals surface area contributed by atoms with Crippen LogP contribution in [0.25, 0.3) is 34.2 Å². The molecule has 0 spiro atoms. The minimum atomic E-state index is -0.637. The van der Waals surface area contributed by atoms with Crippen LogP contribution in [-0.4, -0.2) is 29.9 Å². The molecule has 0 bridgehead atoms. The Morgan fingerprint density at radius 3 is 0.535 bits per heavy atom. The molecule has 0 fully saturated rings. The maximum absolute atomic E-state index is 7.06. The van der Waals surface area contributed by atoms with E-state index in [1.807, 2.05) is 110 Å². The molecule has 15 nitrogen and oxygen atoms in total. The summed E-state index contributed by atoms with van der Waals surface area (Å²) >= 11 is 0. The van der Waals surface area contributed by atoms with Crippen molar-refractivity contribution in [1.29, 1.82) is 0 Å². The predicted molar refractivity (Wildman–Crippen MR) is 573 cm³/mol. The zero-order chi connectivity index (χ0) is 95.0. The second-order valence-electron chi connectivity index (χ2n) is 36.8. The van der Waals surface area contributed by atoms with Crippen LogP contribution in [0.3, 0.4) is 0 Å². The minimum Gasteiger partial charge on any atom is -0.453 e. The molecule has 144 heavy (non-hydrogen) atoms. The molecule has 6 aliphatic rings. The van der Waals surface area contributed by atoms with Gasteiger partial charge in [0.1, 0.15) is 0 Å². The Labute approximate surface area is 832 Å². The van der Waals surface area contributed by atoms with Crippen molar-refractivity contribution in [2.75, 3.05) is 29.4 Å². The number of hydrogen-bond acceptors (Lipinski definition) is 15. The predicted octanol–water partition coefficient (Wildman–Crippen LogP) is 32.3. The third-order valence-electron chi connectivity index (χ3n) is 29.2. The average molecular weight is 1850 g/mol. The van der Waals surface area contributed by atoms with Gasteiger partial charge in [-0.15, -0.1) is 0 Å². The highest BCUT2D eigenvalue weighted by atomic mass is 16.5. The molecular formula is C129H84N12O3. The van der Waals surface area contributed by atoms with Crippen LogP contribution in [0.5, 0.6) is 34.5 Å². The number of anilines is 18. The summed E-state index contributed by atoms with van der Waals surface area (Å²) in [6.07, 6.45) is 11.3. The van der Waals surface area contributed by atoms with Gasteiger partial charge in [-0.1, -0.05) is 328 Å². The fourth-order valence-corrected chi connectivity index (χ4v) is 23.3. The average Bonchev–Trinajstić information content (AvgIpc) is 0.699. The topological polar surface area (TPSA) is 124 Å². The van der Waals surface area contributed by atoms with Gasteiger partial charge < -0.3 is 43.6 Å². The fourth-order valence-electron chi connectivity index (χ4n) is 23.3. The molecular weight excluding hydrogens is 1770 g/mol. The quantitative estimate of drug-likeness (QED) is 0.0966. The maximum Gasteiger partial charge on any atom is 0.159 e. The Hall–Kier alpha value is -19.4. The Kier molecular flexibility index (Phi) is 19.3. The Bertz CT molecular complexity index is 7700. The molecule has 0 radical (unpaired) electrons. The molecule has 6 aliphatic heterocycles. The Morgan fingerprint density at radius 2 is 0.319 bits per heavy atom. The van der Waals surface area contributed by atoms with Gasteiger partial charge in [-0.05, 0) is 194 Å². The van der Waals surface area contributed by atoms with E-state index in [2.05, 4.69) is 430 Å². The molecule has 678 valence electrons. The zero-order valence-electron chi connectivity index (χ0n) is 77.6. The first-order valence-electron chi connectivity index (χ1n) is 48.5. The summed E-state index contributed by atoms with van der Waals surface area (Å²) < 4.78 is 21.2. The van der Waals surface area contributed by atoms with Gasteiger partial charge in [0.05, 0.1) is 156 Å². The molecule has 0 amide bonds. The second kappa shape index (κ2) is 33.5. The number of hydrogen-bond donors (Lipinski definition) is 0. The van der Waals surface area contributed by atoms with Crippen LogP contribution in [0.1, 0.15) is 66.8 Å². The highest BCUT2D eigenvalue weighted by Crippen LogP contribution is 2.65. The van der Waals surface area contributed by atoms with Gasteiger partial charge in [0.15, 0.2) is 52.0 Å². The molecule has 22 aromatic rings. The Balaban J connectivity index is 0.547. The van der Waals surface area contributed by atoms with E-state index in [4.69, 9.17) is 44.1 Å². The van der Waals surface area contributed by atoms with Crippen LogP contribution in [0.4, 0.5) is 102 Å². The molecule has 9 heterocycles. The van der Waals surface area contributed by atoms with Gasteiger partial charge in [0.25, 0.3) is 0 Å². The number of benzene rings is 19. The molecule has 0 aliphatic carbocycles. The molecule has 0 N–H and O–H groups in total. The van der Waals surface area contributed by atoms with E-state index in [0.29, 0.717) is 68.7 Å². The fraction of sp³-hybridized carbons (Fsp3) is 0.0233. The number of nitrogens with zero attached hydrogens (tertiary/aromatic N) is 12. The summed E-state index contributed by atoms with van der Waals surface area (Å²) in [6, 6.07) is 168. The molecule has 0 saturated heterocycles. The molecule has 3 aromatic heterocycles. The van der Waals surface area contributed by atoms with Crippen molar-refractivity contribution in [3.8, 4) is 68.7 Å². The van der Waals surface area contributed by atoms with Crippen molar-refractivity contribution < 1.29 is 14.2 Å². The third-order valence-corrected chi connectivity index (χ3v) is 29.2. The number of aromatic nitrogens is 6. The first-order chi connectivity index (χ1) is 71.4. The lowest BCUT2D eigenvalue weighted by Gasteiger charge is -2.46. The van der Waals surface area contributed by atoms with Crippen LogP contribution >= 0.6 is 0 Å². The summed E-state index contributed by atoms with van der Waals surface area (Å²) in [6.45, 7) is 0. The zero-order valence-corrected chi connectivity index (χ0v) is 77.6. The minimum absolute atomic E-state index is 0.449. The first-order valence-corrected chi connectivity index (χ1v) is 48.5. The van der Waals surface area contributed by atoms with Gasteiger partial charge in [0.2, 0.25) is 0 Å². The van der Waals surface area contributed by atoms with E-state index in [0.717, 1.165) is 136 Å². The SMILES string of the molecule is c1ccc(C2(c3ccccc3)c3ccccc3N(c3ccc4c(c3)Oc3ccccc3N4c3cnc(-c4cc(-c5ncc(N6c7ccccc7Oc7cc(N8c9ccccc9C(c9ccccc9)(c9ccccc9)c9ccccc98)ccc76)cn5)cc(-c5ncc(N6c7ccccc7Oc7cc(N8c9ccccc9C(c9ccccc9)(c9ccccc9)c9ccccc98)ccc76)cn5)c4)nc3)c3ccccc32)cc1. The lowest BCUT2D eigenvalue weighted by atomic mass is 9.62. The van der Waals surface area contributed by atoms with Crippen molar-refractivity contribution in [2.24, 2.45) is 0 Å². The van der Waals surface area contributed by atoms with Crippen molar-refractivity contribution >= 4 is 102 Å². The normalized spacial score (nSPS) is 14.1.